The van der Waals surface area contributed by atoms with Crippen LogP contribution in [0.25, 0.3) is 11.3 Å². The van der Waals surface area contributed by atoms with Crippen molar-refractivity contribution in [2.75, 3.05) is 20.2 Å². The lowest BCUT2D eigenvalue weighted by molar-refractivity contribution is -0.132. The molecule has 1 aliphatic heterocycles. The maximum absolute atomic E-state index is 12.8. The summed E-state index contributed by atoms with van der Waals surface area (Å²) in [7, 11) is 1.60. The standard InChI is InChI=1S/C21H25N5O3/c1-15-9-11-24(12-10-15)19(27)8-7-18-22-23-20-21(28)25(13-14-26(18)20)16-3-5-17(29-2)6-4-16/h3-6,13-15H,7-12H2,1-2H3. The van der Waals surface area contributed by atoms with Gasteiger partial charge in [0.1, 0.15) is 11.6 Å². The molecule has 0 radical (unpaired) electrons. The minimum atomic E-state index is -0.257. The van der Waals surface area contributed by atoms with Crippen LogP contribution in [0.2, 0.25) is 0 Å². The number of ether oxygens (including phenoxy) is 1. The lowest BCUT2D eigenvalue weighted by atomic mass is 9.99. The molecule has 8 heteroatoms. The van der Waals surface area contributed by atoms with Crippen molar-refractivity contribution < 1.29 is 9.53 Å². The first-order chi connectivity index (χ1) is 14.1. The van der Waals surface area contributed by atoms with Crippen molar-refractivity contribution >= 4 is 11.6 Å². The second-order valence-electron chi connectivity index (χ2n) is 7.54. The first-order valence-corrected chi connectivity index (χ1v) is 9.94. The van der Waals surface area contributed by atoms with Crippen molar-refractivity contribution in [1.29, 1.82) is 0 Å². The third kappa shape index (κ3) is 3.87. The van der Waals surface area contributed by atoms with E-state index in [0.717, 1.165) is 37.4 Å². The Morgan fingerprint density at radius 1 is 1.14 bits per heavy atom. The number of carbonyl (C=O) groups excluding carboxylic acids is 1. The Balaban J connectivity index is 1.51. The number of nitrogens with zero attached hydrogens (tertiary/aromatic N) is 5. The summed E-state index contributed by atoms with van der Waals surface area (Å²) < 4.78 is 8.35. The molecule has 0 aliphatic carbocycles. The number of methoxy groups -OCH3 is 1. The molecule has 152 valence electrons. The highest BCUT2D eigenvalue weighted by molar-refractivity contribution is 5.76. The average Bonchev–Trinajstić information content (AvgIpc) is 3.17. The molecule has 4 rings (SSSR count). The van der Waals surface area contributed by atoms with E-state index in [2.05, 4.69) is 17.1 Å². The van der Waals surface area contributed by atoms with Gasteiger partial charge < -0.3 is 9.64 Å². The monoisotopic (exact) mass is 395 g/mol. The molecule has 1 aromatic carbocycles. The van der Waals surface area contributed by atoms with Gasteiger partial charge in [-0.1, -0.05) is 6.92 Å². The zero-order valence-corrected chi connectivity index (χ0v) is 16.7. The molecule has 3 aromatic rings. The van der Waals surface area contributed by atoms with E-state index < -0.39 is 0 Å². The molecule has 3 heterocycles. The third-order valence-electron chi connectivity index (χ3n) is 5.59. The first kappa shape index (κ1) is 19.2. The third-order valence-corrected chi connectivity index (χ3v) is 5.59. The van der Waals surface area contributed by atoms with Gasteiger partial charge in [0.15, 0.2) is 0 Å². The highest BCUT2D eigenvalue weighted by Gasteiger charge is 2.21. The van der Waals surface area contributed by atoms with Crippen molar-refractivity contribution in [2.24, 2.45) is 5.92 Å². The van der Waals surface area contributed by atoms with E-state index in [-0.39, 0.29) is 17.1 Å². The zero-order valence-electron chi connectivity index (χ0n) is 16.7. The quantitative estimate of drug-likeness (QED) is 0.661. The highest BCUT2D eigenvalue weighted by atomic mass is 16.5. The Kier molecular flexibility index (Phi) is 5.33. The number of hydrogen-bond acceptors (Lipinski definition) is 5. The molecule has 29 heavy (non-hydrogen) atoms. The fraction of sp³-hybridized carbons (Fsp3) is 0.429. The molecule has 1 amide bonds. The summed E-state index contributed by atoms with van der Waals surface area (Å²) in [5.74, 6) is 2.17. The van der Waals surface area contributed by atoms with E-state index >= 15 is 0 Å². The summed E-state index contributed by atoms with van der Waals surface area (Å²) in [6, 6.07) is 7.22. The average molecular weight is 395 g/mol. The number of amides is 1. The van der Waals surface area contributed by atoms with E-state index in [9.17, 15) is 9.59 Å². The van der Waals surface area contributed by atoms with E-state index in [1.165, 1.54) is 4.57 Å². The molecule has 0 N–H and O–H groups in total. The van der Waals surface area contributed by atoms with E-state index in [1.54, 1.807) is 36.0 Å². The van der Waals surface area contributed by atoms with Gasteiger partial charge in [0.05, 0.1) is 7.11 Å². The Morgan fingerprint density at radius 3 is 2.55 bits per heavy atom. The summed E-state index contributed by atoms with van der Waals surface area (Å²) in [4.78, 5) is 27.3. The smallest absolute Gasteiger partial charge is 0.300 e. The summed E-state index contributed by atoms with van der Waals surface area (Å²) in [5.41, 5.74) is 0.711. The van der Waals surface area contributed by atoms with Gasteiger partial charge >= 0.3 is 5.56 Å². The van der Waals surface area contributed by atoms with Gasteiger partial charge in [0, 0.05) is 44.0 Å². The molecule has 2 aromatic heterocycles. The summed E-state index contributed by atoms with van der Waals surface area (Å²) in [6.07, 6.45) is 6.41. The molecule has 0 atom stereocenters. The van der Waals surface area contributed by atoms with Crippen LogP contribution < -0.4 is 10.3 Å². The number of fused-ring (bicyclic) bond motifs is 1. The number of likely N-dealkylation sites (tertiary alicyclic amines) is 1. The van der Waals surface area contributed by atoms with Crippen molar-refractivity contribution in [2.45, 2.75) is 32.6 Å². The SMILES string of the molecule is COc1ccc(-n2ccn3c(CCC(=O)N4CCC(C)CC4)nnc3c2=O)cc1. The molecule has 0 unspecified atom stereocenters. The molecule has 1 fully saturated rings. The maximum atomic E-state index is 12.8. The molecule has 1 aliphatic rings. The lowest BCUT2D eigenvalue weighted by Gasteiger charge is -2.30. The molecule has 1 saturated heterocycles. The van der Waals surface area contributed by atoms with Gasteiger partial charge in [-0.2, -0.15) is 0 Å². The van der Waals surface area contributed by atoms with Gasteiger partial charge in [-0.05, 0) is 43.0 Å². The van der Waals surface area contributed by atoms with E-state index in [1.807, 2.05) is 17.0 Å². The number of carbonyl (C=O) groups is 1. The minimum Gasteiger partial charge on any atom is -0.497 e. The van der Waals surface area contributed by atoms with E-state index in [0.29, 0.717) is 24.6 Å². The van der Waals surface area contributed by atoms with E-state index in [4.69, 9.17) is 4.74 Å². The van der Waals surface area contributed by atoms with Crippen LogP contribution in [0.1, 0.15) is 32.0 Å². The van der Waals surface area contributed by atoms with Crippen molar-refractivity contribution in [3.8, 4) is 11.4 Å². The molecule has 0 bridgehead atoms. The summed E-state index contributed by atoms with van der Waals surface area (Å²) >= 11 is 0. The van der Waals surface area contributed by atoms with Crippen LogP contribution in [0.15, 0.2) is 41.5 Å². The molecule has 0 spiro atoms. The van der Waals surface area contributed by atoms with Crippen molar-refractivity contribution in [3.63, 3.8) is 0 Å². The van der Waals surface area contributed by atoms with Crippen LogP contribution in [0.3, 0.4) is 0 Å². The Bertz CT molecular complexity index is 1060. The number of piperidine rings is 1. The minimum absolute atomic E-state index is 0.139. The van der Waals surface area contributed by atoms with Crippen LogP contribution >= 0.6 is 0 Å². The first-order valence-electron chi connectivity index (χ1n) is 9.94. The van der Waals surface area contributed by atoms with Gasteiger partial charge in [-0.15, -0.1) is 10.2 Å². The Hall–Kier alpha value is -3.16. The van der Waals surface area contributed by atoms with Crippen LogP contribution in [-0.4, -0.2) is 50.2 Å². The second-order valence-corrected chi connectivity index (χ2v) is 7.54. The summed E-state index contributed by atoms with van der Waals surface area (Å²) in [6.45, 7) is 3.88. The van der Waals surface area contributed by atoms with Crippen molar-refractivity contribution in [3.05, 3.63) is 52.8 Å². The topological polar surface area (TPSA) is 81.7 Å². The number of benzene rings is 1. The van der Waals surface area contributed by atoms with Gasteiger partial charge in [-0.3, -0.25) is 18.6 Å². The van der Waals surface area contributed by atoms with Crippen LogP contribution in [0, 0.1) is 5.92 Å². The predicted molar refractivity (Wildman–Crippen MR) is 108 cm³/mol. The van der Waals surface area contributed by atoms with Crippen LogP contribution in [0.5, 0.6) is 5.75 Å². The second kappa shape index (κ2) is 8.06. The fourth-order valence-corrected chi connectivity index (χ4v) is 3.69. The van der Waals surface area contributed by atoms with Crippen LogP contribution in [0.4, 0.5) is 0 Å². The fourth-order valence-electron chi connectivity index (χ4n) is 3.69. The Labute approximate surface area is 168 Å². The molecule has 0 saturated carbocycles. The maximum Gasteiger partial charge on any atom is 0.300 e. The van der Waals surface area contributed by atoms with Crippen molar-refractivity contribution in [1.82, 2.24) is 24.1 Å². The normalized spacial score (nSPS) is 15.0. The number of aryl methyl sites for hydroxylation is 1. The number of hydrogen-bond donors (Lipinski definition) is 0. The Morgan fingerprint density at radius 2 is 1.86 bits per heavy atom. The highest BCUT2D eigenvalue weighted by Crippen LogP contribution is 2.17. The zero-order chi connectivity index (χ0) is 20.4. The molecular formula is C21H25N5O3. The molecule has 8 nitrogen and oxygen atoms in total. The molecular weight excluding hydrogens is 370 g/mol. The van der Waals surface area contributed by atoms with Gasteiger partial charge in [0.25, 0.3) is 0 Å². The largest absolute Gasteiger partial charge is 0.497 e. The van der Waals surface area contributed by atoms with Crippen LogP contribution in [-0.2, 0) is 11.2 Å². The number of aromatic nitrogens is 4. The number of rotatable bonds is 5. The van der Waals surface area contributed by atoms with Gasteiger partial charge in [0.2, 0.25) is 11.6 Å². The predicted octanol–water partition coefficient (Wildman–Crippen LogP) is 2.08. The summed E-state index contributed by atoms with van der Waals surface area (Å²) in [5, 5.41) is 8.22. The van der Waals surface area contributed by atoms with Gasteiger partial charge in [-0.25, -0.2) is 0 Å². The lowest BCUT2D eigenvalue weighted by Crippen LogP contribution is -2.38.